The van der Waals surface area contributed by atoms with Gasteiger partial charge >= 0.3 is 0 Å². The molecule has 0 aromatic rings. The summed E-state index contributed by atoms with van der Waals surface area (Å²) in [6, 6.07) is 0. The van der Waals surface area contributed by atoms with Crippen molar-refractivity contribution in [3.8, 4) is 0 Å². The quantitative estimate of drug-likeness (QED) is 0.550. The Morgan fingerprint density at radius 3 is 1.90 bits per heavy atom. The molecule has 0 radical (unpaired) electrons. The van der Waals surface area contributed by atoms with Gasteiger partial charge in [-0.3, -0.25) is 0 Å². The van der Waals surface area contributed by atoms with Crippen LogP contribution in [-0.2, 0) is 4.74 Å². The van der Waals surface area contributed by atoms with Gasteiger partial charge in [-0.15, -0.1) is 0 Å². The minimum atomic E-state index is 0.0920. The molecule has 0 atom stereocenters. The molecule has 10 heavy (non-hydrogen) atoms. The predicted octanol–water partition coefficient (Wildman–Crippen LogP) is 2.83. The van der Waals surface area contributed by atoms with Gasteiger partial charge in [0.05, 0.1) is 12.9 Å². The maximum absolute atomic E-state index is 5.08. The lowest BCUT2D eigenvalue weighted by Crippen LogP contribution is -2.22. The molecule has 0 spiro atoms. The van der Waals surface area contributed by atoms with Crippen LogP contribution in [0, 0.1) is 11.3 Å². The molecule has 0 unspecified atom stereocenters. The van der Waals surface area contributed by atoms with Crippen LogP contribution in [0.25, 0.3) is 0 Å². The van der Waals surface area contributed by atoms with Crippen molar-refractivity contribution < 1.29 is 4.74 Å². The van der Waals surface area contributed by atoms with E-state index in [9.17, 15) is 0 Å². The Morgan fingerprint density at radius 1 is 1.40 bits per heavy atom. The van der Waals surface area contributed by atoms with Gasteiger partial charge in [0.2, 0.25) is 0 Å². The smallest absolute Gasteiger partial charge is 0.0942 e. The number of methoxy groups -OCH3 is 1. The first-order chi connectivity index (χ1) is 4.42. The summed E-state index contributed by atoms with van der Waals surface area (Å²) in [6.45, 7) is 12.5. The zero-order valence-corrected chi connectivity index (χ0v) is 7.69. The van der Waals surface area contributed by atoms with E-state index >= 15 is 0 Å². The van der Waals surface area contributed by atoms with Crippen molar-refractivity contribution in [3.63, 3.8) is 0 Å². The SMILES string of the molecule is C=C(OC)C(C)(C)C(C)C. The molecular weight excluding hydrogens is 124 g/mol. The zero-order chi connectivity index (χ0) is 8.36. The van der Waals surface area contributed by atoms with E-state index in [-0.39, 0.29) is 5.41 Å². The molecule has 0 aliphatic rings. The third-order valence-electron chi connectivity index (χ3n) is 2.41. The highest BCUT2D eigenvalue weighted by Crippen LogP contribution is 2.33. The van der Waals surface area contributed by atoms with Crippen LogP contribution in [0.2, 0.25) is 0 Å². The first-order valence-corrected chi connectivity index (χ1v) is 3.66. The molecular formula is C9H18O. The average Bonchev–Trinajstić information content (AvgIpc) is 1.86. The molecule has 0 saturated carbocycles. The monoisotopic (exact) mass is 142 g/mol. The molecule has 0 aliphatic heterocycles. The van der Waals surface area contributed by atoms with E-state index in [1.54, 1.807) is 7.11 Å². The summed E-state index contributed by atoms with van der Waals surface area (Å²) >= 11 is 0. The van der Waals surface area contributed by atoms with Crippen LogP contribution in [0.5, 0.6) is 0 Å². The van der Waals surface area contributed by atoms with E-state index in [4.69, 9.17) is 4.74 Å². The lowest BCUT2D eigenvalue weighted by Gasteiger charge is -2.29. The topological polar surface area (TPSA) is 9.23 Å². The van der Waals surface area contributed by atoms with Crippen LogP contribution in [-0.4, -0.2) is 7.11 Å². The molecule has 0 aromatic heterocycles. The molecule has 1 nitrogen and oxygen atoms in total. The minimum absolute atomic E-state index is 0.0920. The lowest BCUT2D eigenvalue weighted by atomic mass is 9.80. The molecule has 0 aliphatic carbocycles. The van der Waals surface area contributed by atoms with Gasteiger partial charge in [-0.2, -0.15) is 0 Å². The molecule has 0 bridgehead atoms. The fourth-order valence-electron chi connectivity index (χ4n) is 0.585. The molecule has 1 heteroatoms. The molecule has 60 valence electrons. The van der Waals surface area contributed by atoms with E-state index in [0.717, 1.165) is 5.76 Å². The van der Waals surface area contributed by atoms with Crippen molar-refractivity contribution in [2.75, 3.05) is 7.11 Å². The second-order valence-electron chi connectivity index (χ2n) is 3.50. The Labute approximate surface area is 64.1 Å². The molecule has 0 fully saturated rings. The van der Waals surface area contributed by atoms with Crippen molar-refractivity contribution >= 4 is 0 Å². The van der Waals surface area contributed by atoms with Crippen molar-refractivity contribution in [2.45, 2.75) is 27.7 Å². The second kappa shape index (κ2) is 3.09. The number of rotatable bonds is 3. The highest BCUT2D eigenvalue weighted by atomic mass is 16.5. The van der Waals surface area contributed by atoms with E-state index in [1.165, 1.54) is 0 Å². The van der Waals surface area contributed by atoms with Crippen LogP contribution >= 0.6 is 0 Å². The van der Waals surface area contributed by atoms with Crippen LogP contribution < -0.4 is 0 Å². The first-order valence-electron chi connectivity index (χ1n) is 3.66. The van der Waals surface area contributed by atoms with E-state index in [2.05, 4.69) is 34.3 Å². The normalized spacial score (nSPS) is 11.8. The summed E-state index contributed by atoms with van der Waals surface area (Å²) in [7, 11) is 1.67. The highest BCUT2D eigenvalue weighted by Gasteiger charge is 2.26. The first kappa shape index (κ1) is 9.54. The van der Waals surface area contributed by atoms with Crippen LogP contribution in [0.4, 0.5) is 0 Å². The standard InChI is InChI=1S/C9H18O/c1-7(2)9(4,5)8(3)10-6/h7H,3H2,1-2,4-6H3. The van der Waals surface area contributed by atoms with Gasteiger partial charge in [0.25, 0.3) is 0 Å². The number of hydrogen-bond donors (Lipinski definition) is 0. The molecule has 0 aromatic carbocycles. The Morgan fingerprint density at radius 2 is 1.80 bits per heavy atom. The highest BCUT2D eigenvalue weighted by molar-refractivity contribution is 4.99. The Bertz CT molecular complexity index is 123. The number of ether oxygens (including phenoxy) is 1. The maximum Gasteiger partial charge on any atom is 0.0942 e. The Balaban J connectivity index is 4.24. The average molecular weight is 142 g/mol. The number of hydrogen-bond acceptors (Lipinski definition) is 1. The summed E-state index contributed by atoms with van der Waals surface area (Å²) in [5.41, 5.74) is 0.0920. The van der Waals surface area contributed by atoms with Crippen LogP contribution in [0.15, 0.2) is 12.3 Å². The van der Waals surface area contributed by atoms with E-state index in [0.29, 0.717) is 5.92 Å². The van der Waals surface area contributed by atoms with E-state index < -0.39 is 0 Å². The van der Waals surface area contributed by atoms with Crippen molar-refractivity contribution in [2.24, 2.45) is 11.3 Å². The summed E-state index contributed by atoms with van der Waals surface area (Å²) < 4.78 is 5.08. The minimum Gasteiger partial charge on any atom is -0.501 e. The van der Waals surface area contributed by atoms with Gasteiger partial charge in [0.1, 0.15) is 0 Å². The largest absolute Gasteiger partial charge is 0.501 e. The Hall–Kier alpha value is -0.460. The molecule has 0 rings (SSSR count). The van der Waals surface area contributed by atoms with Crippen molar-refractivity contribution in [1.29, 1.82) is 0 Å². The summed E-state index contributed by atoms with van der Waals surface area (Å²) in [4.78, 5) is 0. The fourth-order valence-corrected chi connectivity index (χ4v) is 0.585. The van der Waals surface area contributed by atoms with E-state index in [1.807, 2.05) is 0 Å². The van der Waals surface area contributed by atoms with Gasteiger partial charge in [0, 0.05) is 5.41 Å². The Kier molecular flexibility index (Phi) is 2.95. The molecule has 0 heterocycles. The van der Waals surface area contributed by atoms with Gasteiger partial charge in [-0.05, 0) is 5.92 Å². The van der Waals surface area contributed by atoms with Crippen molar-refractivity contribution in [3.05, 3.63) is 12.3 Å². The number of allylic oxidation sites excluding steroid dienone is 1. The molecule has 0 amide bonds. The van der Waals surface area contributed by atoms with Gasteiger partial charge in [0.15, 0.2) is 0 Å². The van der Waals surface area contributed by atoms with Gasteiger partial charge < -0.3 is 4.74 Å². The summed E-state index contributed by atoms with van der Waals surface area (Å²) in [5, 5.41) is 0. The second-order valence-corrected chi connectivity index (χ2v) is 3.50. The summed E-state index contributed by atoms with van der Waals surface area (Å²) in [6.07, 6.45) is 0. The van der Waals surface area contributed by atoms with Gasteiger partial charge in [-0.1, -0.05) is 34.3 Å². The van der Waals surface area contributed by atoms with Gasteiger partial charge in [-0.25, -0.2) is 0 Å². The third kappa shape index (κ3) is 1.76. The maximum atomic E-state index is 5.08. The van der Waals surface area contributed by atoms with Crippen LogP contribution in [0.1, 0.15) is 27.7 Å². The fraction of sp³-hybridized carbons (Fsp3) is 0.778. The predicted molar refractivity (Wildman–Crippen MR) is 44.8 cm³/mol. The summed E-state index contributed by atoms with van der Waals surface area (Å²) in [5.74, 6) is 1.43. The molecule has 0 saturated heterocycles. The third-order valence-corrected chi connectivity index (χ3v) is 2.41. The van der Waals surface area contributed by atoms with Crippen molar-refractivity contribution in [1.82, 2.24) is 0 Å². The zero-order valence-electron chi connectivity index (χ0n) is 7.69. The molecule has 0 N–H and O–H groups in total. The van der Waals surface area contributed by atoms with Crippen LogP contribution in [0.3, 0.4) is 0 Å². The lowest BCUT2D eigenvalue weighted by molar-refractivity contribution is 0.155.